The minimum absolute atomic E-state index is 0. The molecule has 0 saturated carbocycles. The second kappa shape index (κ2) is 15.0. The van der Waals surface area contributed by atoms with Crippen molar-refractivity contribution in [2.45, 2.75) is 57.1 Å². The average Bonchev–Trinajstić information content (AvgIpc) is 2.93. The van der Waals surface area contributed by atoms with E-state index in [1.165, 1.54) is 4.90 Å². The molecule has 1 aromatic rings. The van der Waals surface area contributed by atoms with E-state index in [1.807, 2.05) is 0 Å². The van der Waals surface area contributed by atoms with Crippen LogP contribution in [0.4, 0.5) is 11.4 Å². The highest BCUT2D eigenvalue weighted by Crippen LogP contribution is 2.53. The zero-order chi connectivity index (χ0) is 32.7. The minimum atomic E-state index is -2.72. The third kappa shape index (κ3) is 6.56. The number of halogens is 2. The number of carbonyl (C=O) groups is 4. The summed E-state index contributed by atoms with van der Waals surface area (Å²) in [7, 11) is 6.65. The summed E-state index contributed by atoms with van der Waals surface area (Å²) < 4.78 is 0. The van der Waals surface area contributed by atoms with Crippen molar-refractivity contribution in [3.05, 3.63) is 39.9 Å². The monoisotopic (exact) mass is 685 g/mol. The van der Waals surface area contributed by atoms with E-state index in [0.29, 0.717) is 17.8 Å². The second-order valence-corrected chi connectivity index (χ2v) is 12.3. The van der Waals surface area contributed by atoms with Crippen molar-refractivity contribution >= 4 is 59.6 Å². The molecule has 1 aromatic carbocycles. The number of ketones is 2. The molecule has 3 aliphatic rings. The summed E-state index contributed by atoms with van der Waals surface area (Å²) in [6.45, 7) is 2.76. The van der Waals surface area contributed by atoms with Crippen LogP contribution >= 0.6 is 24.8 Å². The molecule has 15 heteroatoms. The number of amides is 2. The first-order valence-corrected chi connectivity index (χ1v) is 14.9. The zero-order valence-corrected chi connectivity index (χ0v) is 28.3. The van der Waals surface area contributed by atoms with Gasteiger partial charge in [0.25, 0.3) is 5.91 Å². The SMILES string of the molecule is CCCCCCNCC(=O)Nc1cc(N(C)C)c2c(c1O)C(=O)C1=C(O)[C@]3(O)C(=O)C(C(N)=O)=C(O)[C@@H](N(C)C)C3CC1C2.Cl.Cl. The molecule has 2 amide bonds. The van der Waals surface area contributed by atoms with Crippen molar-refractivity contribution < 1.29 is 39.6 Å². The maximum atomic E-state index is 14.1. The van der Waals surface area contributed by atoms with E-state index in [-0.39, 0.29) is 61.0 Å². The van der Waals surface area contributed by atoms with Crippen LogP contribution in [0, 0.1) is 11.8 Å². The normalized spacial score (nSPS) is 23.6. The van der Waals surface area contributed by atoms with Crippen molar-refractivity contribution in [2.75, 3.05) is 51.5 Å². The molecule has 46 heavy (non-hydrogen) atoms. The highest BCUT2D eigenvalue weighted by atomic mass is 35.5. The van der Waals surface area contributed by atoms with Gasteiger partial charge in [-0.1, -0.05) is 26.2 Å². The third-order valence-electron chi connectivity index (χ3n) is 8.95. The molecule has 8 N–H and O–H groups in total. The summed E-state index contributed by atoms with van der Waals surface area (Å²) in [6.07, 6.45) is 4.31. The largest absolute Gasteiger partial charge is 0.510 e. The Morgan fingerprint density at radius 2 is 1.72 bits per heavy atom. The lowest BCUT2D eigenvalue weighted by Gasteiger charge is -2.50. The number of likely N-dealkylation sites (N-methyl/N-ethyl adjacent to an activating group) is 1. The van der Waals surface area contributed by atoms with Crippen LogP contribution in [0.2, 0.25) is 0 Å². The van der Waals surface area contributed by atoms with Gasteiger partial charge >= 0.3 is 0 Å². The number of primary amides is 1. The number of benzene rings is 1. The number of hydrogen-bond acceptors (Lipinski definition) is 11. The van der Waals surface area contributed by atoms with Crippen LogP contribution in [0.5, 0.6) is 5.75 Å². The topological polar surface area (TPSA) is 206 Å². The number of aliphatic hydroxyl groups is 3. The van der Waals surface area contributed by atoms with Crippen LogP contribution in [0.1, 0.15) is 54.9 Å². The van der Waals surface area contributed by atoms with E-state index in [9.17, 15) is 39.6 Å². The summed E-state index contributed by atoms with van der Waals surface area (Å²) in [5, 5.41) is 51.2. The summed E-state index contributed by atoms with van der Waals surface area (Å²) in [5.74, 6) is -7.70. The van der Waals surface area contributed by atoms with E-state index >= 15 is 0 Å². The van der Waals surface area contributed by atoms with Crippen LogP contribution in [0.3, 0.4) is 0 Å². The van der Waals surface area contributed by atoms with E-state index in [0.717, 1.165) is 25.7 Å². The number of carbonyl (C=O) groups excluding carboxylic acids is 4. The van der Waals surface area contributed by atoms with E-state index < -0.39 is 69.7 Å². The Morgan fingerprint density at radius 1 is 1.07 bits per heavy atom. The highest BCUT2D eigenvalue weighted by molar-refractivity contribution is 6.25. The van der Waals surface area contributed by atoms with Crippen LogP contribution < -0.4 is 21.3 Å². The van der Waals surface area contributed by atoms with Gasteiger partial charge in [0, 0.05) is 31.3 Å². The Morgan fingerprint density at radius 3 is 2.28 bits per heavy atom. The molecule has 0 aliphatic heterocycles. The first-order valence-electron chi connectivity index (χ1n) is 14.9. The summed E-state index contributed by atoms with van der Waals surface area (Å²) in [5.41, 5.74) is 2.39. The Hall–Kier alpha value is -3.36. The van der Waals surface area contributed by atoms with Crippen LogP contribution in [0.15, 0.2) is 28.7 Å². The molecule has 0 fully saturated rings. The van der Waals surface area contributed by atoms with Crippen molar-refractivity contribution in [1.29, 1.82) is 0 Å². The smallest absolute Gasteiger partial charge is 0.255 e. The number of Topliss-reactive ketones (excluding diaryl/α,β-unsaturated/α-hetero) is 2. The molecular weight excluding hydrogens is 641 g/mol. The van der Waals surface area contributed by atoms with Gasteiger partial charge in [-0.05, 0) is 57.5 Å². The molecule has 0 saturated heterocycles. The van der Waals surface area contributed by atoms with Gasteiger partial charge in [0.2, 0.25) is 11.7 Å². The number of anilines is 2. The van der Waals surface area contributed by atoms with E-state index in [2.05, 4.69) is 17.6 Å². The molecule has 0 heterocycles. The van der Waals surface area contributed by atoms with Crippen molar-refractivity contribution in [3.63, 3.8) is 0 Å². The van der Waals surface area contributed by atoms with Crippen molar-refractivity contribution in [3.8, 4) is 5.75 Å². The predicted molar refractivity (Wildman–Crippen MR) is 178 cm³/mol. The molecule has 0 aromatic heterocycles. The van der Waals surface area contributed by atoms with Gasteiger partial charge in [-0.25, -0.2) is 0 Å². The maximum Gasteiger partial charge on any atom is 0.255 e. The minimum Gasteiger partial charge on any atom is -0.510 e. The molecule has 13 nitrogen and oxygen atoms in total. The number of nitrogens with two attached hydrogens (primary N) is 1. The predicted octanol–water partition coefficient (Wildman–Crippen LogP) is 2.14. The van der Waals surface area contributed by atoms with Crippen molar-refractivity contribution in [1.82, 2.24) is 10.2 Å². The molecule has 256 valence electrons. The number of unbranched alkanes of at least 4 members (excludes halogenated alkanes) is 3. The molecular formula is C31H45Cl2N5O8. The lowest BCUT2D eigenvalue weighted by atomic mass is 9.58. The first-order chi connectivity index (χ1) is 20.7. The number of phenolic OH excluding ortho intramolecular Hbond substituents is 1. The quantitative estimate of drug-likeness (QED) is 0.102. The van der Waals surface area contributed by atoms with Gasteiger partial charge in [0.15, 0.2) is 17.1 Å². The number of hydrogen-bond donors (Lipinski definition) is 7. The molecule has 3 aliphatic carbocycles. The highest BCUT2D eigenvalue weighted by Gasteiger charge is 2.63. The fourth-order valence-corrected chi connectivity index (χ4v) is 6.87. The molecule has 2 unspecified atom stereocenters. The van der Waals surface area contributed by atoms with Crippen molar-refractivity contribution in [2.24, 2.45) is 17.6 Å². The fraction of sp³-hybridized carbons (Fsp3) is 0.548. The average molecular weight is 687 g/mol. The van der Waals surface area contributed by atoms with Gasteiger partial charge in [-0.15, -0.1) is 24.8 Å². The van der Waals surface area contributed by atoms with Gasteiger partial charge in [0.1, 0.15) is 17.1 Å². The number of nitrogens with one attached hydrogen (secondary N) is 2. The van der Waals surface area contributed by atoms with Gasteiger partial charge in [0.05, 0.1) is 23.8 Å². The number of aromatic hydroxyl groups is 1. The first kappa shape index (κ1) is 38.8. The molecule has 0 spiro atoms. The van der Waals surface area contributed by atoms with E-state index in [1.54, 1.807) is 39.2 Å². The number of fused-ring (bicyclic) bond motifs is 3. The number of rotatable bonds is 11. The Balaban J connectivity index is 0.00000368. The summed E-state index contributed by atoms with van der Waals surface area (Å²) in [6, 6.07) is 0.509. The zero-order valence-electron chi connectivity index (χ0n) is 26.7. The van der Waals surface area contributed by atoms with Gasteiger partial charge in [-0.3, -0.25) is 24.1 Å². The Bertz CT molecular complexity index is 1460. The summed E-state index contributed by atoms with van der Waals surface area (Å²) >= 11 is 0. The van der Waals surface area contributed by atoms with Crippen LogP contribution in [-0.2, 0) is 20.8 Å². The van der Waals surface area contributed by atoms with E-state index in [4.69, 9.17) is 5.73 Å². The number of aliphatic hydroxyl groups excluding tert-OH is 2. The summed E-state index contributed by atoms with van der Waals surface area (Å²) in [4.78, 5) is 55.7. The fourth-order valence-electron chi connectivity index (χ4n) is 6.87. The van der Waals surface area contributed by atoms with Crippen LogP contribution in [0.25, 0.3) is 0 Å². The number of allylic oxidation sites excluding steroid dienone is 1. The molecule has 0 radical (unpaired) electrons. The Labute approximate surface area is 280 Å². The maximum absolute atomic E-state index is 14.1. The third-order valence-corrected chi connectivity index (χ3v) is 8.95. The van der Waals surface area contributed by atoms with Crippen LogP contribution in [-0.4, -0.2) is 102 Å². The lowest BCUT2D eigenvalue weighted by molar-refractivity contribution is -0.148. The second-order valence-electron chi connectivity index (χ2n) is 12.3. The molecule has 4 rings (SSSR count). The lowest BCUT2D eigenvalue weighted by Crippen LogP contribution is -2.63. The molecule has 4 atom stereocenters. The number of phenols is 1. The van der Waals surface area contributed by atoms with Gasteiger partial charge < -0.3 is 41.7 Å². The standard InChI is InChI=1S/C31H43N5O8.2ClH/c1-6-7-8-9-10-33-14-20(37)34-18-13-19(35(2)3)16-11-15-12-17-24(36(4)5)27(40)23(30(32)43)29(42)31(17,44)28(41)21(15)26(39)22(16)25(18)38;;/h13,15,17,24,33,38,40-41,44H,6-12,14H2,1-5H3,(H2,32,43)(H,34,37);2*1H/t15?,17?,24-,31-;;/m0../s1. The van der Waals surface area contributed by atoms with Gasteiger partial charge in [-0.2, -0.15) is 0 Å². The number of nitrogens with zero attached hydrogens (tertiary/aromatic N) is 2. The molecule has 0 bridgehead atoms. The Kier molecular flexibility index (Phi) is 12.7.